The molecule has 0 fully saturated rings. The van der Waals surface area contributed by atoms with E-state index in [1.807, 2.05) is 0 Å². The van der Waals surface area contributed by atoms with Gasteiger partial charge in [0.2, 0.25) is 0 Å². The zero-order valence-corrected chi connectivity index (χ0v) is 8.04. The summed E-state index contributed by atoms with van der Waals surface area (Å²) in [5, 5.41) is 19.4. The Morgan fingerprint density at radius 3 is 2.73 bits per heavy atom. The molecule has 0 saturated heterocycles. The third-order valence-electron chi connectivity index (χ3n) is 1.84. The lowest BCUT2D eigenvalue weighted by Gasteiger charge is -2.11. The molecule has 82 valence electrons. The first-order valence-electron chi connectivity index (χ1n) is 4.17. The minimum atomic E-state index is -1.30. The molecule has 0 aromatic carbocycles. The van der Waals surface area contributed by atoms with Gasteiger partial charge in [-0.3, -0.25) is 4.79 Å². The van der Waals surface area contributed by atoms with Crippen LogP contribution in [0, 0.1) is 0 Å². The molecule has 0 saturated carbocycles. The van der Waals surface area contributed by atoms with E-state index < -0.39 is 24.5 Å². The highest BCUT2D eigenvalue weighted by Crippen LogP contribution is 1.96. The van der Waals surface area contributed by atoms with E-state index in [4.69, 9.17) is 10.2 Å². The van der Waals surface area contributed by atoms with Crippen molar-refractivity contribution in [1.82, 2.24) is 14.9 Å². The summed E-state index contributed by atoms with van der Waals surface area (Å²) in [6.07, 6.45) is 2.73. The second kappa shape index (κ2) is 4.56. The smallest absolute Gasteiger partial charge is 0.328 e. The summed E-state index contributed by atoms with van der Waals surface area (Å²) in [7, 11) is 1.61. The number of aliphatic carboxylic acids is 1. The zero-order chi connectivity index (χ0) is 11.4. The quantitative estimate of drug-likeness (QED) is 0.570. The van der Waals surface area contributed by atoms with Crippen LogP contribution in [0.4, 0.5) is 0 Å². The molecule has 3 N–H and O–H groups in total. The minimum absolute atomic E-state index is 0.231. The molecular weight excluding hydrogens is 202 g/mol. The number of carbonyl (C=O) groups excluding carboxylic acids is 1. The number of aliphatic hydroxyl groups is 1. The topological polar surface area (TPSA) is 104 Å². The summed E-state index contributed by atoms with van der Waals surface area (Å²) in [5.41, 5.74) is 0.231. The highest BCUT2D eigenvalue weighted by molar-refractivity contribution is 5.95. The van der Waals surface area contributed by atoms with E-state index in [0.29, 0.717) is 0 Å². The number of carboxylic acid groups (broad SMARTS) is 1. The predicted octanol–water partition coefficient (Wildman–Crippen LogP) is -1.40. The van der Waals surface area contributed by atoms with E-state index >= 15 is 0 Å². The van der Waals surface area contributed by atoms with Crippen LogP contribution in [-0.2, 0) is 11.8 Å². The van der Waals surface area contributed by atoms with Crippen molar-refractivity contribution in [3.8, 4) is 0 Å². The Morgan fingerprint density at radius 2 is 2.33 bits per heavy atom. The Labute approximate surface area is 85.4 Å². The average molecular weight is 213 g/mol. The average Bonchev–Trinajstić information content (AvgIpc) is 2.60. The van der Waals surface area contributed by atoms with E-state index in [1.165, 1.54) is 17.1 Å². The zero-order valence-electron chi connectivity index (χ0n) is 8.04. The molecule has 0 radical (unpaired) electrons. The van der Waals surface area contributed by atoms with Gasteiger partial charge in [0, 0.05) is 7.05 Å². The Balaban J connectivity index is 2.71. The molecule has 0 aliphatic carbocycles. The molecule has 1 rings (SSSR count). The predicted molar refractivity (Wildman–Crippen MR) is 49.2 cm³/mol. The van der Waals surface area contributed by atoms with Gasteiger partial charge in [-0.2, -0.15) is 0 Å². The summed E-state index contributed by atoms with van der Waals surface area (Å²) in [6, 6.07) is -1.30. The van der Waals surface area contributed by atoms with Crippen molar-refractivity contribution in [2.24, 2.45) is 7.05 Å². The number of carbonyl (C=O) groups is 2. The third kappa shape index (κ3) is 2.53. The Kier molecular flexibility index (Phi) is 3.40. The summed E-state index contributed by atoms with van der Waals surface area (Å²) in [5.74, 6) is -1.87. The van der Waals surface area contributed by atoms with Crippen molar-refractivity contribution in [2.45, 2.75) is 6.04 Å². The lowest BCUT2D eigenvalue weighted by molar-refractivity contribution is -0.140. The molecule has 1 aromatic rings. The van der Waals surface area contributed by atoms with Gasteiger partial charge in [-0.15, -0.1) is 0 Å². The van der Waals surface area contributed by atoms with Gasteiger partial charge in [-0.05, 0) is 0 Å². The Bertz CT molecular complexity index is 374. The SMILES string of the molecule is Cn1cncc1C(=O)N[C@H](CO)C(=O)O. The van der Waals surface area contributed by atoms with Crippen LogP contribution in [0.2, 0.25) is 0 Å². The number of hydrogen-bond donors (Lipinski definition) is 3. The Morgan fingerprint density at radius 1 is 1.67 bits per heavy atom. The molecule has 1 aromatic heterocycles. The number of imidazole rings is 1. The lowest BCUT2D eigenvalue weighted by atomic mass is 10.3. The summed E-state index contributed by atoms with van der Waals surface area (Å²) >= 11 is 0. The molecule has 0 unspecified atom stereocenters. The first-order valence-corrected chi connectivity index (χ1v) is 4.17. The van der Waals surface area contributed by atoms with E-state index in [1.54, 1.807) is 7.05 Å². The molecule has 1 amide bonds. The summed E-state index contributed by atoms with van der Waals surface area (Å²) < 4.78 is 1.45. The van der Waals surface area contributed by atoms with Crippen LogP contribution in [0.1, 0.15) is 10.5 Å². The fourth-order valence-electron chi connectivity index (χ4n) is 0.994. The fourth-order valence-corrected chi connectivity index (χ4v) is 0.994. The first-order chi connectivity index (χ1) is 7.06. The lowest BCUT2D eigenvalue weighted by Crippen LogP contribution is -2.43. The monoisotopic (exact) mass is 213 g/mol. The largest absolute Gasteiger partial charge is 0.480 e. The first kappa shape index (κ1) is 11.2. The van der Waals surface area contributed by atoms with Gasteiger partial charge in [0.1, 0.15) is 5.69 Å². The molecule has 7 heteroatoms. The number of hydrogen-bond acceptors (Lipinski definition) is 4. The maximum atomic E-state index is 11.5. The summed E-state index contributed by atoms with van der Waals surface area (Å²) in [6.45, 7) is -0.654. The van der Waals surface area contributed by atoms with Crippen LogP contribution in [-0.4, -0.2) is 44.3 Å². The van der Waals surface area contributed by atoms with E-state index in [2.05, 4.69) is 10.3 Å². The minimum Gasteiger partial charge on any atom is -0.480 e. The number of nitrogens with one attached hydrogen (secondary N) is 1. The van der Waals surface area contributed by atoms with Crippen molar-refractivity contribution in [1.29, 1.82) is 0 Å². The van der Waals surface area contributed by atoms with Gasteiger partial charge in [-0.25, -0.2) is 9.78 Å². The number of aromatic nitrogens is 2. The highest BCUT2D eigenvalue weighted by atomic mass is 16.4. The molecule has 0 bridgehead atoms. The van der Waals surface area contributed by atoms with Crippen LogP contribution >= 0.6 is 0 Å². The molecule has 15 heavy (non-hydrogen) atoms. The Hall–Kier alpha value is -1.89. The second-order valence-electron chi connectivity index (χ2n) is 2.94. The second-order valence-corrected chi connectivity index (χ2v) is 2.94. The van der Waals surface area contributed by atoms with E-state index in [-0.39, 0.29) is 5.69 Å². The highest BCUT2D eigenvalue weighted by Gasteiger charge is 2.20. The van der Waals surface area contributed by atoms with Gasteiger partial charge in [0.15, 0.2) is 6.04 Å². The fraction of sp³-hybridized carbons (Fsp3) is 0.375. The number of nitrogens with zero attached hydrogens (tertiary/aromatic N) is 2. The van der Waals surface area contributed by atoms with Gasteiger partial charge >= 0.3 is 5.97 Å². The molecule has 1 heterocycles. The van der Waals surface area contributed by atoms with Crippen molar-refractivity contribution >= 4 is 11.9 Å². The van der Waals surface area contributed by atoms with Gasteiger partial charge in [0.05, 0.1) is 19.1 Å². The van der Waals surface area contributed by atoms with Crippen LogP contribution in [0.25, 0.3) is 0 Å². The molecule has 1 atom stereocenters. The van der Waals surface area contributed by atoms with E-state index in [9.17, 15) is 9.59 Å². The number of amides is 1. The molecule has 0 aliphatic rings. The van der Waals surface area contributed by atoms with Gasteiger partial charge in [0.25, 0.3) is 5.91 Å². The van der Waals surface area contributed by atoms with Crippen molar-refractivity contribution in [3.63, 3.8) is 0 Å². The standard InChI is InChI=1S/C8H11N3O4/c1-11-4-9-2-6(11)7(13)10-5(3-12)8(14)15/h2,4-5,12H,3H2,1H3,(H,10,13)(H,14,15)/t5-/m1/s1. The van der Waals surface area contributed by atoms with Crippen molar-refractivity contribution in [2.75, 3.05) is 6.61 Å². The molecular formula is C8H11N3O4. The molecule has 0 spiro atoms. The van der Waals surface area contributed by atoms with Gasteiger partial charge < -0.3 is 20.1 Å². The third-order valence-corrected chi connectivity index (χ3v) is 1.84. The maximum Gasteiger partial charge on any atom is 0.328 e. The molecule has 7 nitrogen and oxygen atoms in total. The number of aryl methyl sites for hydroxylation is 1. The normalized spacial score (nSPS) is 12.1. The van der Waals surface area contributed by atoms with E-state index in [0.717, 1.165) is 0 Å². The maximum absolute atomic E-state index is 11.5. The van der Waals surface area contributed by atoms with Crippen LogP contribution in [0.15, 0.2) is 12.5 Å². The summed E-state index contributed by atoms with van der Waals surface area (Å²) in [4.78, 5) is 25.7. The number of aliphatic hydroxyl groups excluding tert-OH is 1. The van der Waals surface area contributed by atoms with Gasteiger partial charge in [-0.1, -0.05) is 0 Å². The van der Waals surface area contributed by atoms with Crippen LogP contribution in [0.3, 0.4) is 0 Å². The number of carboxylic acids is 1. The van der Waals surface area contributed by atoms with Crippen LogP contribution < -0.4 is 5.32 Å². The van der Waals surface area contributed by atoms with Crippen molar-refractivity contribution < 1.29 is 19.8 Å². The van der Waals surface area contributed by atoms with Crippen LogP contribution in [0.5, 0.6) is 0 Å². The van der Waals surface area contributed by atoms with Crippen molar-refractivity contribution in [3.05, 3.63) is 18.2 Å². The number of rotatable bonds is 4. The molecule has 0 aliphatic heterocycles.